The van der Waals surface area contributed by atoms with Crippen LogP contribution in [0.3, 0.4) is 0 Å². The Hall–Kier alpha value is -0.710. The molecule has 0 heterocycles. The van der Waals surface area contributed by atoms with E-state index in [1.807, 2.05) is 6.08 Å². The number of Topliss-reactive ketones (excluding diaryl/α,β-unsaturated/α-hetero) is 1. The maximum absolute atomic E-state index is 12.1. The number of hydrogen-bond donors (Lipinski definition) is 3. The molecule has 32 heavy (non-hydrogen) atoms. The normalized spacial score (nSPS) is 14.7. The molecular formula is C28H55NO3. The summed E-state index contributed by atoms with van der Waals surface area (Å²) in [6.45, 7) is 4.46. The van der Waals surface area contributed by atoms with Crippen LogP contribution in [0.1, 0.15) is 142 Å². The SMILES string of the molecule is CCCCCCCCCCCCC/C=C/[C@@H](O)[C@@H](N)C(O)[14C](=O)CCCCCCCCC. The van der Waals surface area contributed by atoms with Gasteiger partial charge in [-0.25, -0.2) is 0 Å². The number of aliphatic hydroxyl groups excluding tert-OH is 2. The van der Waals surface area contributed by atoms with Crippen molar-refractivity contribution in [2.24, 2.45) is 5.73 Å². The summed E-state index contributed by atoms with van der Waals surface area (Å²) in [5, 5.41) is 20.3. The lowest BCUT2D eigenvalue weighted by Gasteiger charge is -2.21. The molecule has 0 rings (SSSR count). The van der Waals surface area contributed by atoms with Gasteiger partial charge in [0.25, 0.3) is 0 Å². The van der Waals surface area contributed by atoms with Gasteiger partial charge in [0.1, 0.15) is 6.10 Å². The van der Waals surface area contributed by atoms with Gasteiger partial charge in [0.15, 0.2) is 5.78 Å². The Morgan fingerprint density at radius 2 is 1.09 bits per heavy atom. The molecule has 4 nitrogen and oxygen atoms in total. The second-order valence-corrected chi connectivity index (χ2v) is 9.60. The number of carbonyl (C=O) groups is 1. The monoisotopic (exact) mass is 455 g/mol. The van der Waals surface area contributed by atoms with E-state index in [2.05, 4.69) is 13.8 Å². The zero-order valence-corrected chi connectivity index (χ0v) is 21.4. The van der Waals surface area contributed by atoms with Gasteiger partial charge in [0.2, 0.25) is 0 Å². The third-order valence-corrected chi connectivity index (χ3v) is 6.42. The average molecular weight is 456 g/mol. The van der Waals surface area contributed by atoms with Gasteiger partial charge in [-0.1, -0.05) is 129 Å². The summed E-state index contributed by atoms with van der Waals surface area (Å²) in [7, 11) is 0. The van der Waals surface area contributed by atoms with Crippen LogP contribution in [0, 0.1) is 0 Å². The van der Waals surface area contributed by atoms with Gasteiger partial charge in [-0.3, -0.25) is 4.79 Å². The third-order valence-electron chi connectivity index (χ3n) is 6.42. The van der Waals surface area contributed by atoms with Crippen LogP contribution in [0.4, 0.5) is 0 Å². The number of nitrogens with two attached hydrogens (primary N) is 1. The maximum atomic E-state index is 12.1. The van der Waals surface area contributed by atoms with Crippen molar-refractivity contribution in [2.45, 2.75) is 161 Å². The second kappa shape index (κ2) is 23.4. The minimum Gasteiger partial charge on any atom is -0.387 e. The second-order valence-electron chi connectivity index (χ2n) is 9.60. The Balaban J connectivity index is 3.72. The fraction of sp³-hybridized carbons (Fsp3) is 0.893. The highest BCUT2D eigenvalue weighted by Crippen LogP contribution is 2.13. The molecule has 0 fully saturated rings. The van der Waals surface area contributed by atoms with E-state index >= 15 is 0 Å². The van der Waals surface area contributed by atoms with Crippen molar-refractivity contribution < 1.29 is 15.0 Å². The smallest absolute Gasteiger partial charge is 0.162 e. The topological polar surface area (TPSA) is 83.6 Å². The molecule has 4 N–H and O–H groups in total. The lowest BCUT2D eigenvalue weighted by molar-refractivity contribution is -0.129. The molecule has 0 saturated heterocycles. The largest absolute Gasteiger partial charge is 0.387 e. The molecule has 0 radical (unpaired) electrons. The minimum absolute atomic E-state index is 0.246. The summed E-state index contributed by atoms with van der Waals surface area (Å²) in [5.74, 6) is -0.246. The summed E-state index contributed by atoms with van der Waals surface area (Å²) in [6, 6.07) is -0.944. The highest BCUT2D eigenvalue weighted by Gasteiger charge is 2.26. The summed E-state index contributed by atoms with van der Waals surface area (Å²) in [4.78, 5) is 12.1. The first-order chi connectivity index (χ1) is 15.5. The quantitative estimate of drug-likeness (QED) is 0.108. The van der Waals surface area contributed by atoms with Gasteiger partial charge in [0.05, 0.1) is 12.1 Å². The predicted molar refractivity (Wildman–Crippen MR) is 138 cm³/mol. The number of hydrogen-bond acceptors (Lipinski definition) is 4. The first-order valence-corrected chi connectivity index (χ1v) is 13.9. The number of aliphatic hydroxyl groups is 2. The zero-order valence-electron chi connectivity index (χ0n) is 21.4. The van der Waals surface area contributed by atoms with E-state index in [1.165, 1.54) is 89.9 Å². The molecule has 0 aromatic carbocycles. The molecule has 0 aliphatic rings. The Labute approximate surface area is 199 Å². The predicted octanol–water partition coefficient (Wildman–Crippen LogP) is 7.00. The van der Waals surface area contributed by atoms with Gasteiger partial charge in [-0.2, -0.15) is 0 Å². The van der Waals surface area contributed by atoms with E-state index in [1.54, 1.807) is 6.08 Å². The minimum atomic E-state index is -1.28. The number of ketones is 1. The van der Waals surface area contributed by atoms with Crippen LogP contribution in [-0.2, 0) is 4.79 Å². The fourth-order valence-electron chi connectivity index (χ4n) is 4.10. The summed E-state index contributed by atoms with van der Waals surface area (Å²) >= 11 is 0. The van der Waals surface area contributed by atoms with Crippen molar-refractivity contribution in [2.75, 3.05) is 0 Å². The summed E-state index contributed by atoms with van der Waals surface area (Å²) < 4.78 is 0. The molecule has 0 amide bonds. The molecule has 0 spiro atoms. The molecule has 0 aliphatic heterocycles. The van der Waals surface area contributed by atoms with E-state index in [0.29, 0.717) is 6.42 Å². The first kappa shape index (κ1) is 31.3. The van der Waals surface area contributed by atoms with Crippen LogP contribution < -0.4 is 5.73 Å². The Bertz CT molecular complexity index is 438. The number of unbranched alkanes of at least 4 members (excludes halogenated alkanes) is 17. The Morgan fingerprint density at radius 1 is 0.688 bits per heavy atom. The van der Waals surface area contributed by atoms with E-state index in [9.17, 15) is 15.0 Å². The average Bonchev–Trinajstić information content (AvgIpc) is 2.80. The molecule has 0 aliphatic carbocycles. The molecule has 0 aromatic heterocycles. The fourth-order valence-corrected chi connectivity index (χ4v) is 4.10. The Kier molecular flexibility index (Phi) is 22.9. The van der Waals surface area contributed by atoms with Crippen LogP contribution in [0.5, 0.6) is 0 Å². The van der Waals surface area contributed by atoms with E-state index in [-0.39, 0.29) is 5.78 Å². The molecule has 0 saturated carbocycles. The van der Waals surface area contributed by atoms with E-state index in [0.717, 1.165) is 32.1 Å². The van der Waals surface area contributed by atoms with Crippen LogP contribution >= 0.6 is 0 Å². The lowest BCUT2D eigenvalue weighted by atomic mass is 10.0. The Morgan fingerprint density at radius 3 is 1.56 bits per heavy atom. The molecule has 1 unspecified atom stereocenters. The molecule has 0 aromatic rings. The van der Waals surface area contributed by atoms with Crippen molar-refractivity contribution >= 4 is 5.78 Å². The third kappa shape index (κ3) is 18.8. The summed E-state index contributed by atoms with van der Waals surface area (Å²) in [6.07, 6.45) is 25.0. The van der Waals surface area contributed by atoms with E-state index in [4.69, 9.17) is 5.73 Å². The van der Waals surface area contributed by atoms with Gasteiger partial charge in [-0.15, -0.1) is 0 Å². The van der Waals surface area contributed by atoms with Crippen molar-refractivity contribution in [3.05, 3.63) is 12.2 Å². The highest BCUT2D eigenvalue weighted by molar-refractivity contribution is 5.83. The summed E-state index contributed by atoms with van der Waals surface area (Å²) in [5.41, 5.74) is 5.92. The van der Waals surface area contributed by atoms with Crippen molar-refractivity contribution in [1.29, 1.82) is 0 Å². The highest BCUT2D eigenvalue weighted by atomic mass is 16.4. The zero-order chi connectivity index (χ0) is 23.9. The number of carbonyl (C=O) groups excluding carboxylic acids is 1. The lowest BCUT2D eigenvalue weighted by Crippen LogP contribution is -2.47. The van der Waals surface area contributed by atoms with Crippen molar-refractivity contribution in [3.8, 4) is 0 Å². The van der Waals surface area contributed by atoms with Gasteiger partial charge in [0, 0.05) is 6.42 Å². The molecule has 3 atom stereocenters. The van der Waals surface area contributed by atoms with E-state index < -0.39 is 18.2 Å². The molecule has 4 heteroatoms. The standard InChI is InChI=1S/C28H55NO3/c1-3-5-7-9-11-12-13-14-15-16-18-19-21-23-25(30)27(29)28(32)26(31)24-22-20-17-10-8-6-4-2/h21,23,25,27-28,30,32H,3-20,22,24,29H2,1-2H3/b23-21+/t25-,27-,28?/m1/s1/i26+2. The number of rotatable bonds is 24. The van der Waals surface area contributed by atoms with Gasteiger partial charge >= 0.3 is 0 Å². The number of allylic oxidation sites excluding steroid dienone is 1. The van der Waals surface area contributed by atoms with Crippen molar-refractivity contribution in [1.82, 2.24) is 0 Å². The van der Waals surface area contributed by atoms with Crippen LogP contribution in [0.2, 0.25) is 0 Å². The molecule has 190 valence electrons. The molecule has 0 bridgehead atoms. The maximum Gasteiger partial charge on any atom is 0.162 e. The van der Waals surface area contributed by atoms with Crippen LogP contribution in [-0.4, -0.2) is 34.2 Å². The first-order valence-electron chi connectivity index (χ1n) is 13.9. The molecular weight excluding hydrogens is 400 g/mol. The van der Waals surface area contributed by atoms with Crippen LogP contribution in [0.25, 0.3) is 0 Å². The van der Waals surface area contributed by atoms with Gasteiger partial charge in [-0.05, 0) is 19.3 Å². The van der Waals surface area contributed by atoms with Gasteiger partial charge < -0.3 is 15.9 Å². The van der Waals surface area contributed by atoms with Crippen molar-refractivity contribution in [3.63, 3.8) is 0 Å². The van der Waals surface area contributed by atoms with Crippen LogP contribution in [0.15, 0.2) is 12.2 Å².